The molecule has 12 heteroatoms. The Kier molecular flexibility index (Phi) is 9.23. The SMILES string of the molecule is COc1cccc(Oc2c(OCCO)c(C)c(C(=O)N3CCOCC3)c(S)c2S(=O)(=O)Nc2ccccc2)c1. The fourth-order valence-electron chi connectivity index (χ4n) is 4.13. The first-order chi connectivity index (χ1) is 18.8. The van der Waals surface area contributed by atoms with E-state index in [4.69, 9.17) is 18.9 Å². The zero-order valence-electron chi connectivity index (χ0n) is 21.5. The Morgan fingerprint density at radius 1 is 1.08 bits per heavy atom. The van der Waals surface area contributed by atoms with Gasteiger partial charge in [0, 0.05) is 35.3 Å². The van der Waals surface area contributed by atoms with Crippen LogP contribution >= 0.6 is 12.6 Å². The molecule has 0 bridgehead atoms. The molecule has 10 nitrogen and oxygen atoms in total. The average Bonchev–Trinajstić information content (AvgIpc) is 2.93. The lowest BCUT2D eigenvalue weighted by Crippen LogP contribution is -2.41. The number of aliphatic hydroxyl groups is 1. The number of ether oxygens (including phenoxy) is 4. The molecule has 0 unspecified atom stereocenters. The first-order valence-electron chi connectivity index (χ1n) is 12.2. The number of morpholine rings is 1. The molecule has 0 aliphatic carbocycles. The summed E-state index contributed by atoms with van der Waals surface area (Å²) in [5, 5.41) is 9.51. The highest BCUT2D eigenvalue weighted by molar-refractivity contribution is 7.93. The molecule has 0 spiro atoms. The zero-order valence-corrected chi connectivity index (χ0v) is 23.3. The van der Waals surface area contributed by atoms with E-state index >= 15 is 0 Å². The quantitative estimate of drug-likeness (QED) is 0.313. The predicted molar refractivity (Wildman–Crippen MR) is 148 cm³/mol. The summed E-state index contributed by atoms with van der Waals surface area (Å²) < 4.78 is 53.0. The van der Waals surface area contributed by atoms with E-state index in [0.29, 0.717) is 43.3 Å². The fraction of sp³-hybridized carbons (Fsp3) is 0.296. The summed E-state index contributed by atoms with van der Waals surface area (Å²) in [7, 11) is -2.89. The minimum absolute atomic E-state index is 0.00489. The van der Waals surface area contributed by atoms with Crippen molar-refractivity contribution >= 4 is 34.2 Å². The van der Waals surface area contributed by atoms with Crippen LogP contribution in [-0.2, 0) is 14.8 Å². The summed E-state index contributed by atoms with van der Waals surface area (Å²) in [6.45, 7) is 2.50. The van der Waals surface area contributed by atoms with Crippen LogP contribution in [0.4, 0.5) is 5.69 Å². The second kappa shape index (κ2) is 12.6. The van der Waals surface area contributed by atoms with Gasteiger partial charge in [0.05, 0.1) is 32.5 Å². The Morgan fingerprint density at radius 3 is 2.44 bits per heavy atom. The van der Waals surface area contributed by atoms with Gasteiger partial charge in [-0.25, -0.2) is 8.42 Å². The normalized spacial score (nSPS) is 13.6. The molecule has 1 aliphatic rings. The molecule has 1 fully saturated rings. The molecule has 3 aromatic carbocycles. The molecule has 1 aliphatic heterocycles. The van der Waals surface area contributed by atoms with Crippen LogP contribution in [0.5, 0.6) is 23.0 Å². The number of carbonyl (C=O) groups excluding carboxylic acids is 1. The van der Waals surface area contributed by atoms with Crippen LogP contribution in [0.15, 0.2) is 64.4 Å². The van der Waals surface area contributed by atoms with Crippen LogP contribution in [0.1, 0.15) is 15.9 Å². The second-order valence-corrected chi connectivity index (χ2v) is 10.6. The van der Waals surface area contributed by atoms with Gasteiger partial charge < -0.3 is 29.0 Å². The Morgan fingerprint density at radius 2 is 1.77 bits per heavy atom. The third-order valence-corrected chi connectivity index (χ3v) is 8.02. The number of benzene rings is 3. The largest absolute Gasteiger partial charge is 0.497 e. The highest BCUT2D eigenvalue weighted by atomic mass is 32.2. The number of sulfonamides is 1. The fourth-order valence-corrected chi connectivity index (χ4v) is 6.14. The maximum atomic E-state index is 13.9. The van der Waals surface area contributed by atoms with E-state index in [1.807, 2.05) is 0 Å². The number of para-hydroxylation sites is 1. The van der Waals surface area contributed by atoms with Gasteiger partial charge in [0.15, 0.2) is 11.5 Å². The number of anilines is 1. The van der Waals surface area contributed by atoms with Gasteiger partial charge in [-0.05, 0) is 31.2 Å². The van der Waals surface area contributed by atoms with E-state index < -0.39 is 15.9 Å². The first kappa shape index (κ1) is 28.6. The van der Waals surface area contributed by atoms with Crippen LogP contribution in [0.3, 0.4) is 0 Å². The van der Waals surface area contributed by atoms with Crippen LogP contribution in [-0.4, -0.2) is 71.0 Å². The summed E-state index contributed by atoms with van der Waals surface area (Å²) in [4.78, 5) is 14.8. The van der Waals surface area contributed by atoms with E-state index in [0.717, 1.165) is 0 Å². The molecule has 0 radical (unpaired) electrons. The highest BCUT2D eigenvalue weighted by Crippen LogP contribution is 2.47. The van der Waals surface area contributed by atoms with Crippen molar-refractivity contribution in [1.82, 2.24) is 4.90 Å². The van der Waals surface area contributed by atoms with E-state index in [1.54, 1.807) is 66.4 Å². The second-order valence-electron chi connectivity index (χ2n) is 8.57. The van der Waals surface area contributed by atoms with Crippen LogP contribution in [0.2, 0.25) is 0 Å². The molecule has 208 valence electrons. The molecule has 0 aromatic heterocycles. The van der Waals surface area contributed by atoms with Crippen LogP contribution in [0, 0.1) is 6.92 Å². The highest BCUT2D eigenvalue weighted by Gasteiger charge is 2.35. The number of thiol groups is 1. The third-order valence-electron chi connectivity index (χ3n) is 5.99. The number of carbonyl (C=O) groups is 1. The number of aliphatic hydroxyl groups excluding tert-OH is 1. The topological polar surface area (TPSA) is 124 Å². The molecule has 4 rings (SSSR count). The third kappa shape index (κ3) is 6.41. The lowest BCUT2D eigenvalue weighted by Gasteiger charge is -2.29. The summed E-state index contributed by atoms with van der Waals surface area (Å²) in [5.41, 5.74) is 0.679. The van der Waals surface area contributed by atoms with Gasteiger partial charge in [-0.2, -0.15) is 0 Å². The van der Waals surface area contributed by atoms with Gasteiger partial charge in [-0.3, -0.25) is 9.52 Å². The summed E-state index contributed by atoms with van der Waals surface area (Å²) in [6, 6.07) is 14.9. The van der Waals surface area contributed by atoms with Gasteiger partial charge in [0.2, 0.25) is 0 Å². The first-order valence-corrected chi connectivity index (χ1v) is 14.1. The van der Waals surface area contributed by atoms with Crippen molar-refractivity contribution in [2.45, 2.75) is 16.7 Å². The number of hydrogen-bond acceptors (Lipinski definition) is 9. The van der Waals surface area contributed by atoms with Crippen molar-refractivity contribution in [1.29, 1.82) is 0 Å². The minimum atomic E-state index is -4.38. The van der Waals surface area contributed by atoms with Crippen molar-refractivity contribution in [2.24, 2.45) is 0 Å². The Labute approximate surface area is 232 Å². The molecule has 3 aromatic rings. The van der Waals surface area contributed by atoms with Gasteiger partial charge >= 0.3 is 0 Å². The summed E-state index contributed by atoms with van der Waals surface area (Å²) in [6.07, 6.45) is 0. The lowest BCUT2D eigenvalue weighted by atomic mass is 10.0. The summed E-state index contributed by atoms with van der Waals surface area (Å²) >= 11 is 4.61. The molecule has 2 N–H and O–H groups in total. The van der Waals surface area contributed by atoms with Crippen molar-refractivity contribution in [3.63, 3.8) is 0 Å². The van der Waals surface area contributed by atoms with Crippen molar-refractivity contribution < 1.29 is 37.3 Å². The molecular weight excluding hydrogens is 544 g/mol. The van der Waals surface area contributed by atoms with Crippen molar-refractivity contribution in [2.75, 3.05) is 51.3 Å². The number of amides is 1. The summed E-state index contributed by atoms with van der Waals surface area (Å²) in [5.74, 6) is 0.146. The van der Waals surface area contributed by atoms with E-state index in [9.17, 15) is 18.3 Å². The number of nitrogens with one attached hydrogen (secondary N) is 1. The smallest absolute Gasteiger partial charge is 0.266 e. The zero-order chi connectivity index (χ0) is 28.0. The standard InChI is InChI=1S/C27H30N2O8S2/c1-18-22(27(31)29-11-14-35-15-12-29)25(38)26(39(32,33)28-19-7-4-3-5-8-19)24(23(18)36-16-13-30)37-21-10-6-9-20(17-21)34-2/h3-10,17,28,30,38H,11-16H2,1-2H3. The van der Waals surface area contributed by atoms with Gasteiger partial charge in [-0.1, -0.05) is 24.3 Å². The number of rotatable bonds is 10. The van der Waals surface area contributed by atoms with Gasteiger partial charge in [0.25, 0.3) is 15.9 Å². The van der Waals surface area contributed by atoms with Crippen molar-refractivity contribution in [3.05, 3.63) is 65.7 Å². The minimum Gasteiger partial charge on any atom is -0.497 e. The Hall–Kier alpha value is -3.45. The van der Waals surface area contributed by atoms with Crippen LogP contribution < -0.4 is 18.9 Å². The predicted octanol–water partition coefficient (Wildman–Crippen LogP) is 3.73. The number of hydrogen-bond donors (Lipinski definition) is 3. The van der Waals surface area contributed by atoms with Gasteiger partial charge in [-0.15, -0.1) is 12.6 Å². The lowest BCUT2D eigenvalue weighted by molar-refractivity contribution is 0.0299. The van der Waals surface area contributed by atoms with E-state index in [-0.39, 0.29) is 45.8 Å². The Bertz CT molecular complexity index is 1430. The number of nitrogens with zero attached hydrogens (tertiary/aromatic N) is 1. The maximum Gasteiger partial charge on any atom is 0.266 e. The van der Waals surface area contributed by atoms with E-state index in [2.05, 4.69) is 17.4 Å². The average molecular weight is 575 g/mol. The maximum absolute atomic E-state index is 13.9. The molecule has 1 saturated heterocycles. The number of methoxy groups -OCH3 is 1. The Balaban J connectivity index is 1.96. The molecule has 1 heterocycles. The van der Waals surface area contributed by atoms with Crippen molar-refractivity contribution in [3.8, 4) is 23.0 Å². The monoisotopic (exact) mass is 574 g/mol. The van der Waals surface area contributed by atoms with Gasteiger partial charge in [0.1, 0.15) is 23.0 Å². The molecule has 0 saturated carbocycles. The van der Waals surface area contributed by atoms with Crippen LogP contribution in [0.25, 0.3) is 0 Å². The molecular formula is C27H30N2O8S2. The molecule has 39 heavy (non-hydrogen) atoms. The molecule has 0 atom stereocenters. The molecule has 1 amide bonds. The van der Waals surface area contributed by atoms with E-state index in [1.165, 1.54) is 7.11 Å².